The number of carbonyl (C=O) groups is 1. The summed E-state index contributed by atoms with van der Waals surface area (Å²) >= 11 is 0. The summed E-state index contributed by atoms with van der Waals surface area (Å²) in [6, 6.07) is 4.16. The Morgan fingerprint density at radius 3 is 2.93 bits per heavy atom. The molecule has 29 heavy (non-hydrogen) atoms. The van der Waals surface area contributed by atoms with Gasteiger partial charge in [0.15, 0.2) is 5.82 Å². The quantitative estimate of drug-likeness (QED) is 0.576. The summed E-state index contributed by atoms with van der Waals surface area (Å²) in [6.07, 6.45) is 8.02. The van der Waals surface area contributed by atoms with Crippen LogP contribution in [0.4, 0.5) is 16.3 Å². The van der Waals surface area contributed by atoms with Crippen molar-refractivity contribution < 1.29 is 14.3 Å². The molecule has 6 rings (SSSR count). The Hall–Kier alpha value is -2.55. The second-order valence-electron chi connectivity index (χ2n) is 8.28. The Morgan fingerprint density at radius 2 is 2.03 bits per heavy atom. The fraction of sp³-hybridized carbons (Fsp3) is 0.550. The number of nitrogens with zero attached hydrogens (tertiary/aromatic N) is 2. The van der Waals surface area contributed by atoms with Crippen molar-refractivity contribution in [1.82, 2.24) is 20.5 Å². The Balaban J connectivity index is 1.35. The van der Waals surface area contributed by atoms with Crippen LogP contribution < -0.4 is 20.7 Å². The molecule has 2 aliphatic carbocycles. The molecule has 152 valence electrons. The fourth-order valence-corrected chi connectivity index (χ4v) is 5.86. The minimum absolute atomic E-state index is 0.0146. The van der Waals surface area contributed by atoms with E-state index < -0.39 is 0 Å². The van der Waals surface area contributed by atoms with Crippen molar-refractivity contribution in [3.05, 3.63) is 24.5 Å². The highest BCUT2D eigenvalue weighted by Gasteiger charge is 2.36. The molecule has 1 amide bonds. The van der Waals surface area contributed by atoms with Gasteiger partial charge in [-0.05, 0) is 56.6 Å². The lowest BCUT2D eigenvalue weighted by atomic mass is 9.77. The highest BCUT2D eigenvalue weighted by molar-refractivity contribution is 6.54. The molecule has 3 N–H and O–H groups in total. The molecule has 2 fully saturated rings. The maximum Gasteiger partial charge on any atom is 0.407 e. The molecule has 2 saturated carbocycles. The Bertz CT molecular complexity index is 885. The van der Waals surface area contributed by atoms with E-state index in [1.54, 1.807) is 12.4 Å². The third kappa shape index (κ3) is 4.24. The van der Waals surface area contributed by atoms with E-state index in [2.05, 4.69) is 32.7 Å². The van der Waals surface area contributed by atoms with Gasteiger partial charge in [0.1, 0.15) is 21.4 Å². The van der Waals surface area contributed by atoms with Gasteiger partial charge in [0.05, 0.1) is 24.2 Å². The molecular formula is C20H25N5O3Si. The minimum atomic E-state index is -0.279. The number of carbonyl (C=O) groups excluding carboxylic acids is 1. The van der Waals surface area contributed by atoms with Crippen LogP contribution in [0, 0.1) is 5.92 Å². The highest BCUT2D eigenvalue weighted by Crippen LogP contribution is 2.34. The maximum atomic E-state index is 12.2. The highest BCUT2D eigenvalue weighted by atomic mass is 28.2. The molecule has 2 radical (unpaired) electrons. The lowest BCUT2D eigenvalue weighted by Gasteiger charge is -2.39. The van der Waals surface area contributed by atoms with Crippen LogP contribution in [0.15, 0.2) is 24.5 Å². The second-order valence-corrected chi connectivity index (χ2v) is 9.92. The molecule has 0 unspecified atom stereocenters. The van der Waals surface area contributed by atoms with Crippen LogP contribution in [0.5, 0.6) is 5.75 Å². The molecule has 9 heteroatoms. The van der Waals surface area contributed by atoms with Crippen LogP contribution in [-0.2, 0) is 4.74 Å². The summed E-state index contributed by atoms with van der Waals surface area (Å²) in [5.74, 6) is 1.90. The zero-order chi connectivity index (χ0) is 19.8. The number of H-pyrrole nitrogens is 1. The molecule has 0 aromatic carbocycles. The third-order valence-electron chi connectivity index (χ3n) is 6.06. The Labute approximate surface area is 172 Å². The van der Waals surface area contributed by atoms with E-state index in [9.17, 15) is 4.79 Å². The van der Waals surface area contributed by atoms with E-state index in [1.807, 2.05) is 12.1 Å². The smallest absolute Gasteiger partial charge is 0.407 e. The van der Waals surface area contributed by atoms with Crippen LogP contribution in [0.2, 0.25) is 5.54 Å². The standard InChI is InChI=1S/C20H25N5O3Si/c1-11-12-4-13(5-12)23-20(26)28-15-2-3-17(7-15)29-19-8-18(24-25-19)22-14-6-16(27-11)10-21-9-14/h6,8-13,15,17H,2-5,7H2,1H3,(H,23,26)(H2,22,24,25)/t11-,12?,13?,15-,17+/m1/s1. The molecule has 4 aliphatic rings. The molecule has 2 aromatic rings. The summed E-state index contributed by atoms with van der Waals surface area (Å²) in [7, 11) is 0.620. The Kier molecular flexibility index (Phi) is 4.90. The fourth-order valence-electron chi connectivity index (χ4n) is 4.38. The molecule has 4 heterocycles. The second kappa shape index (κ2) is 7.70. The monoisotopic (exact) mass is 411 g/mol. The first-order valence-electron chi connectivity index (χ1n) is 10.3. The summed E-state index contributed by atoms with van der Waals surface area (Å²) in [5.41, 5.74) is 1.37. The van der Waals surface area contributed by atoms with Gasteiger partial charge in [0.2, 0.25) is 0 Å². The van der Waals surface area contributed by atoms with Crippen LogP contribution >= 0.6 is 0 Å². The van der Waals surface area contributed by atoms with Gasteiger partial charge in [-0.2, -0.15) is 5.10 Å². The van der Waals surface area contributed by atoms with Crippen molar-refractivity contribution in [3.63, 3.8) is 0 Å². The first-order chi connectivity index (χ1) is 14.1. The Morgan fingerprint density at radius 1 is 1.14 bits per heavy atom. The van der Waals surface area contributed by atoms with Crippen LogP contribution in [-0.4, -0.2) is 49.0 Å². The molecule has 0 spiro atoms. The molecule has 2 aromatic heterocycles. The lowest BCUT2D eigenvalue weighted by Crippen LogP contribution is -2.49. The van der Waals surface area contributed by atoms with Gasteiger partial charge in [-0.1, -0.05) is 0 Å². The number of hydrogen-bond donors (Lipinski definition) is 3. The number of ether oxygens (including phenoxy) is 2. The van der Waals surface area contributed by atoms with E-state index in [-0.39, 0.29) is 24.3 Å². The van der Waals surface area contributed by atoms with Gasteiger partial charge < -0.3 is 20.1 Å². The van der Waals surface area contributed by atoms with Gasteiger partial charge in [-0.3, -0.25) is 10.1 Å². The number of nitrogens with one attached hydrogen (secondary N) is 3. The SMILES string of the molecule is C[C@H]1Oc2cncc(c2)Nc2cc([nH]n2)[Si][C@H]2CC[C@H](C2)OC(=O)NC2CC1C2. The number of hydrogen-bond acceptors (Lipinski definition) is 6. The third-order valence-corrected chi connectivity index (χ3v) is 7.56. The number of aromatic nitrogens is 3. The van der Waals surface area contributed by atoms with E-state index in [1.165, 1.54) is 0 Å². The predicted molar refractivity (Wildman–Crippen MR) is 109 cm³/mol. The lowest BCUT2D eigenvalue weighted by molar-refractivity contribution is 0.0582. The summed E-state index contributed by atoms with van der Waals surface area (Å²) < 4.78 is 11.8. The van der Waals surface area contributed by atoms with Crippen molar-refractivity contribution in [2.45, 2.75) is 62.8 Å². The summed E-state index contributed by atoms with van der Waals surface area (Å²) in [6.45, 7) is 2.07. The number of fused-ring (bicyclic) bond motifs is 3. The summed E-state index contributed by atoms with van der Waals surface area (Å²) in [5, 5.41) is 14.9. The number of amides is 1. The normalized spacial score (nSPS) is 31.6. The van der Waals surface area contributed by atoms with E-state index >= 15 is 0 Å². The number of anilines is 2. The minimum Gasteiger partial charge on any atom is -0.489 e. The van der Waals surface area contributed by atoms with Gasteiger partial charge in [0.25, 0.3) is 0 Å². The van der Waals surface area contributed by atoms with Crippen molar-refractivity contribution in [3.8, 4) is 5.75 Å². The van der Waals surface area contributed by atoms with Crippen LogP contribution in [0.3, 0.4) is 0 Å². The zero-order valence-electron chi connectivity index (χ0n) is 16.4. The number of alkyl carbamates (subject to hydrolysis) is 1. The molecule has 8 nitrogen and oxygen atoms in total. The number of aromatic amines is 1. The molecular weight excluding hydrogens is 386 g/mol. The largest absolute Gasteiger partial charge is 0.489 e. The van der Waals surface area contributed by atoms with Crippen LogP contribution in [0.25, 0.3) is 0 Å². The van der Waals surface area contributed by atoms with Crippen molar-refractivity contribution in [2.24, 2.45) is 5.92 Å². The number of rotatable bonds is 0. The maximum absolute atomic E-state index is 12.2. The predicted octanol–water partition coefficient (Wildman–Crippen LogP) is 2.50. The van der Waals surface area contributed by atoms with Gasteiger partial charge >= 0.3 is 6.09 Å². The van der Waals surface area contributed by atoms with Gasteiger partial charge in [0, 0.05) is 17.4 Å². The molecule has 0 saturated heterocycles. The van der Waals surface area contributed by atoms with Gasteiger partial charge in [-0.15, -0.1) is 0 Å². The van der Waals surface area contributed by atoms with E-state index in [4.69, 9.17) is 9.47 Å². The van der Waals surface area contributed by atoms with E-state index in [0.29, 0.717) is 21.0 Å². The van der Waals surface area contributed by atoms with Crippen molar-refractivity contribution >= 4 is 32.4 Å². The molecule has 3 atom stereocenters. The van der Waals surface area contributed by atoms with Gasteiger partial charge in [-0.25, -0.2) is 4.79 Å². The first kappa shape index (κ1) is 18.5. The average Bonchev–Trinajstić information content (AvgIpc) is 3.27. The number of pyridine rings is 1. The zero-order valence-corrected chi connectivity index (χ0v) is 17.4. The first-order valence-corrected chi connectivity index (χ1v) is 11.4. The van der Waals surface area contributed by atoms with Crippen LogP contribution in [0.1, 0.15) is 39.0 Å². The molecule has 2 aliphatic heterocycles. The topological polar surface area (TPSA) is 101 Å². The molecule has 8 bridgehead atoms. The summed E-state index contributed by atoms with van der Waals surface area (Å²) in [4.78, 5) is 16.5. The van der Waals surface area contributed by atoms with E-state index in [0.717, 1.165) is 54.7 Å². The van der Waals surface area contributed by atoms with Crippen molar-refractivity contribution in [1.29, 1.82) is 0 Å². The van der Waals surface area contributed by atoms with Crippen molar-refractivity contribution in [2.75, 3.05) is 5.32 Å². The average molecular weight is 412 g/mol.